The van der Waals surface area contributed by atoms with E-state index in [1.54, 1.807) is 11.9 Å². The van der Waals surface area contributed by atoms with Crippen molar-refractivity contribution in [1.82, 2.24) is 10.4 Å². The molecule has 0 aliphatic carbocycles. The Morgan fingerprint density at radius 3 is 2.73 bits per heavy atom. The number of carbonyl (C=O) groups excluding carboxylic acids is 1. The highest BCUT2D eigenvalue weighted by Crippen LogP contribution is 1.98. The van der Waals surface area contributed by atoms with Gasteiger partial charge < -0.3 is 15.7 Å². The van der Waals surface area contributed by atoms with Gasteiger partial charge in [0.05, 0.1) is 19.1 Å². The molecule has 0 aromatic heterocycles. The Bertz CT molecular complexity index is 250. The number of hydrogen-bond donors (Lipinski definition) is 3. The van der Waals surface area contributed by atoms with Gasteiger partial charge in [-0.2, -0.15) is 0 Å². The van der Waals surface area contributed by atoms with E-state index < -0.39 is 5.92 Å². The number of hydrazine groups is 1. The number of nitrogens with zero attached hydrogens (tertiary/aromatic N) is 2. The number of amides is 1. The van der Waals surface area contributed by atoms with Crippen LogP contribution in [0.1, 0.15) is 6.92 Å². The Kier molecular flexibility index (Phi) is 4.32. The molecule has 4 N–H and O–H groups in total. The fourth-order valence-electron chi connectivity index (χ4n) is 1.15. The minimum absolute atomic E-state index is 0.0965. The van der Waals surface area contributed by atoms with E-state index in [4.69, 9.17) is 15.7 Å². The number of oxime groups is 1. The summed E-state index contributed by atoms with van der Waals surface area (Å²) in [6, 6.07) is 0. The lowest BCUT2D eigenvalue weighted by atomic mass is 10.1. The predicted molar refractivity (Wildman–Crippen MR) is 53.1 cm³/mol. The van der Waals surface area contributed by atoms with Crippen LogP contribution in [0.4, 0.5) is 0 Å². The fourth-order valence-corrected chi connectivity index (χ4v) is 1.15. The highest BCUT2D eigenvalue weighted by atomic mass is 16.5. The van der Waals surface area contributed by atoms with E-state index in [0.29, 0.717) is 26.3 Å². The molecule has 1 saturated heterocycles. The third-order valence-corrected chi connectivity index (χ3v) is 2.23. The lowest BCUT2D eigenvalue weighted by molar-refractivity contribution is -0.129. The Labute approximate surface area is 87.8 Å². The topological polar surface area (TPSA) is 100 Å². The highest BCUT2D eigenvalue weighted by Gasteiger charge is 2.20. The third-order valence-electron chi connectivity index (χ3n) is 2.23. The number of carbonyl (C=O) groups is 1. The van der Waals surface area contributed by atoms with Gasteiger partial charge in [-0.3, -0.25) is 10.2 Å². The van der Waals surface area contributed by atoms with E-state index >= 15 is 0 Å². The van der Waals surface area contributed by atoms with Gasteiger partial charge in [-0.15, -0.1) is 0 Å². The van der Waals surface area contributed by atoms with Gasteiger partial charge in [-0.1, -0.05) is 5.16 Å². The van der Waals surface area contributed by atoms with Crippen molar-refractivity contribution < 1.29 is 14.7 Å². The summed E-state index contributed by atoms with van der Waals surface area (Å²) >= 11 is 0. The van der Waals surface area contributed by atoms with Gasteiger partial charge in [-0.05, 0) is 6.92 Å². The average molecular weight is 216 g/mol. The van der Waals surface area contributed by atoms with E-state index in [1.165, 1.54) is 0 Å². The highest BCUT2D eigenvalue weighted by molar-refractivity contribution is 6.01. The number of ether oxygens (including phenoxy) is 1. The molecular formula is C8H16N4O3. The zero-order valence-corrected chi connectivity index (χ0v) is 8.64. The van der Waals surface area contributed by atoms with Crippen LogP contribution in [0, 0.1) is 5.92 Å². The van der Waals surface area contributed by atoms with Crippen molar-refractivity contribution >= 4 is 11.7 Å². The Morgan fingerprint density at radius 1 is 1.60 bits per heavy atom. The number of rotatable bonds is 3. The molecule has 1 aliphatic rings. The van der Waals surface area contributed by atoms with E-state index in [-0.39, 0.29) is 11.7 Å². The summed E-state index contributed by atoms with van der Waals surface area (Å²) in [6.45, 7) is 4.06. The molecule has 0 spiro atoms. The van der Waals surface area contributed by atoms with Crippen LogP contribution in [0.15, 0.2) is 5.16 Å². The number of nitrogens with two attached hydrogens (primary N) is 1. The summed E-state index contributed by atoms with van der Waals surface area (Å²) in [4.78, 5) is 11.5. The number of hydrogen-bond acceptors (Lipinski definition) is 5. The van der Waals surface area contributed by atoms with Crippen LogP contribution < -0.4 is 11.2 Å². The first-order chi connectivity index (χ1) is 7.15. The minimum atomic E-state index is -0.641. The van der Waals surface area contributed by atoms with Gasteiger partial charge in [0.25, 0.3) is 0 Å². The molecule has 7 heteroatoms. The molecule has 0 aromatic rings. The van der Waals surface area contributed by atoms with E-state index in [9.17, 15) is 4.79 Å². The molecule has 1 atom stereocenters. The van der Waals surface area contributed by atoms with Crippen LogP contribution in [0.3, 0.4) is 0 Å². The first-order valence-electron chi connectivity index (χ1n) is 4.75. The van der Waals surface area contributed by atoms with Gasteiger partial charge in [0, 0.05) is 13.1 Å². The molecule has 1 heterocycles. The van der Waals surface area contributed by atoms with Crippen LogP contribution >= 0.6 is 0 Å². The van der Waals surface area contributed by atoms with E-state index in [0.717, 1.165) is 0 Å². The molecule has 0 saturated carbocycles. The molecule has 7 nitrogen and oxygen atoms in total. The Hall–Kier alpha value is -1.34. The molecule has 1 fully saturated rings. The number of nitrogens with one attached hydrogen (secondary N) is 1. The van der Waals surface area contributed by atoms with Crippen molar-refractivity contribution in [2.24, 2.45) is 16.8 Å². The Balaban J connectivity index is 2.40. The Morgan fingerprint density at radius 2 is 2.20 bits per heavy atom. The van der Waals surface area contributed by atoms with Gasteiger partial charge in [0.2, 0.25) is 5.91 Å². The van der Waals surface area contributed by atoms with E-state index in [2.05, 4.69) is 10.6 Å². The van der Waals surface area contributed by atoms with Gasteiger partial charge in [-0.25, -0.2) is 5.01 Å². The predicted octanol–water partition coefficient (Wildman–Crippen LogP) is -1.27. The molecule has 0 radical (unpaired) electrons. The van der Waals surface area contributed by atoms with Crippen molar-refractivity contribution in [2.75, 3.05) is 26.3 Å². The van der Waals surface area contributed by atoms with Gasteiger partial charge in [0.15, 0.2) is 5.84 Å². The molecule has 15 heavy (non-hydrogen) atoms. The van der Waals surface area contributed by atoms with Crippen molar-refractivity contribution in [2.45, 2.75) is 6.92 Å². The smallest absolute Gasteiger partial charge is 0.244 e. The molecule has 86 valence electrons. The SMILES string of the molecule is CC(C(=O)NN1CCOCC1)C(N)=NO. The molecular weight excluding hydrogens is 200 g/mol. The first kappa shape index (κ1) is 11.7. The quantitative estimate of drug-likeness (QED) is 0.236. The van der Waals surface area contributed by atoms with Gasteiger partial charge in [0.1, 0.15) is 0 Å². The second kappa shape index (κ2) is 5.52. The average Bonchev–Trinajstić information content (AvgIpc) is 2.28. The van der Waals surface area contributed by atoms with Crippen molar-refractivity contribution in [3.05, 3.63) is 0 Å². The van der Waals surface area contributed by atoms with Gasteiger partial charge >= 0.3 is 0 Å². The van der Waals surface area contributed by atoms with Crippen molar-refractivity contribution in [3.8, 4) is 0 Å². The first-order valence-corrected chi connectivity index (χ1v) is 4.75. The zero-order valence-electron chi connectivity index (χ0n) is 8.64. The number of morpholine rings is 1. The summed E-state index contributed by atoms with van der Waals surface area (Å²) in [7, 11) is 0. The maximum atomic E-state index is 11.5. The zero-order chi connectivity index (χ0) is 11.3. The summed E-state index contributed by atoms with van der Waals surface area (Å²) in [5.41, 5.74) is 7.99. The van der Waals surface area contributed by atoms with Crippen molar-refractivity contribution in [1.29, 1.82) is 0 Å². The molecule has 0 aromatic carbocycles. The van der Waals surface area contributed by atoms with Crippen molar-refractivity contribution in [3.63, 3.8) is 0 Å². The monoisotopic (exact) mass is 216 g/mol. The maximum Gasteiger partial charge on any atom is 0.244 e. The van der Waals surface area contributed by atoms with Crippen LogP contribution in [-0.4, -0.2) is 48.3 Å². The van der Waals surface area contributed by atoms with Crippen LogP contribution in [0.5, 0.6) is 0 Å². The van der Waals surface area contributed by atoms with Crippen LogP contribution in [0.25, 0.3) is 0 Å². The second-order valence-electron chi connectivity index (χ2n) is 3.32. The summed E-state index contributed by atoms with van der Waals surface area (Å²) in [5, 5.41) is 13.0. The summed E-state index contributed by atoms with van der Waals surface area (Å²) in [5.74, 6) is -1.02. The summed E-state index contributed by atoms with van der Waals surface area (Å²) < 4.78 is 5.13. The molecule has 1 amide bonds. The number of amidine groups is 1. The lowest BCUT2D eigenvalue weighted by Crippen LogP contribution is -2.51. The van der Waals surface area contributed by atoms with Crippen LogP contribution in [-0.2, 0) is 9.53 Å². The van der Waals surface area contributed by atoms with Crippen LogP contribution in [0.2, 0.25) is 0 Å². The van der Waals surface area contributed by atoms with E-state index in [1.807, 2.05) is 0 Å². The summed E-state index contributed by atoms with van der Waals surface area (Å²) in [6.07, 6.45) is 0. The molecule has 0 bridgehead atoms. The third kappa shape index (κ3) is 3.37. The second-order valence-corrected chi connectivity index (χ2v) is 3.32. The molecule has 1 aliphatic heterocycles. The standard InChI is InChI=1S/C8H16N4O3/c1-6(7(9)11-14)8(13)10-12-2-4-15-5-3-12/h6,14H,2-5H2,1H3,(H2,9,11)(H,10,13). The molecule has 1 unspecified atom stereocenters. The lowest BCUT2D eigenvalue weighted by Gasteiger charge is -2.27. The molecule has 1 rings (SSSR count). The largest absolute Gasteiger partial charge is 0.409 e. The normalized spacial score (nSPS) is 21.0. The fraction of sp³-hybridized carbons (Fsp3) is 0.750. The minimum Gasteiger partial charge on any atom is -0.409 e. The maximum absolute atomic E-state index is 11.5.